The molecule has 0 aromatic rings. The van der Waals surface area contributed by atoms with Crippen LogP contribution in [0, 0.1) is 5.41 Å². The van der Waals surface area contributed by atoms with Gasteiger partial charge in [-0.05, 0) is 40.5 Å². The number of carbonyl (C=O) groups excluding carboxylic acids is 2. The predicted molar refractivity (Wildman–Crippen MR) is 75.5 cm³/mol. The molecule has 1 aliphatic carbocycles. The van der Waals surface area contributed by atoms with Crippen molar-refractivity contribution in [2.24, 2.45) is 11.1 Å². The van der Waals surface area contributed by atoms with Crippen LogP contribution in [0.15, 0.2) is 0 Å². The molecular formula is C14H27N3O2. The lowest BCUT2D eigenvalue weighted by Gasteiger charge is -2.29. The third kappa shape index (κ3) is 4.20. The largest absolute Gasteiger partial charge is 0.350 e. The van der Waals surface area contributed by atoms with E-state index in [1.165, 1.54) is 0 Å². The third-order valence-corrected chi connectivity index (χ3v) is 3.67. The van der Waals surface area contributed by atoms with Gasteiger partial charge in [-0.25, -0.2) is 0 Å². The minimum absolute atomic E-state index is 0.0796. The zero-order valence-electron chi connectivity index (χ0n) is 12.5. The normalized spacial score (nSPS) is 19.8. The molecular weight excluding hydrogens is 242 g/mol. The third-order valence-electron chi connectivity index (χ3n) is 3.67. The summed E-state index contributed by atoms with van der Waals surface area (Å²) in [5.41, 5.74) is 5.00. The lowest BCUT2D eigenvalue weighted by atomic mass is 9.85. The van der Waals surface area contributed by atoms with Gasteiger partial charge in [-0.15, -0.1) is 0 Å². The number of nitrogens with one attached hydrogen (secondary N) is 2. The van der Waals surface area contributed by atoms with Gasteiger partial charge in [0.1, 0.15) is 6.04 Å². The van der Waals surface area contributed by atoms with E-state index in [4.69, 9.17) is 5.73 Å². The highest BCUT2D eigenvalue weighted by Crippen LogP contribution is 2.37. The fraction of sp³-hybridized carbons (Fsp3) is 0.857. The summed E-state index contributed by atoms with van der Waals surface area (Å²) in [5, 5.41) is 5.67. The quantitative estimate of drug-likeness (QED) is 0.709. The number of hydrogen-bond donors (Lipinski definition) is 3. The summed E-state index contributed by atoms with van der Waals surface area (Å²) in [6, 6.07) is -0.532. The Kier molecular flexibility index (Phi) is 4.96. The van der Waals surface area contributed by atoms with Crippen molar-refractivity contribution in [2.45, 2.75) is 65.0 Å². The Balaban J connectivity index is 2.58. The van der Waals surface area contributed by atoms with Crippen LogP contribution in [0.25, 0.3) is 0 Å². The van der Waals surface area contributed by atoms with Gasteiger partial charge in [-0.2, -0.15) is 0 Å². The van der Waals surface area contributed by atoms with E-state index in [9.17, 15) is 9.59 Å². The van der Waals surface area contributed by atoms with Crippen LogP contribution < -0.4 is 16.4 Å². The molecule has 0 radical (unpaired) electrons. The molecule has 19 heavy (non-hydrogen) atoms. The topological polar surface area (TPSA) is 84.2 Å². The number of hydrogen-bond acceptors (Lipinski definition) is 3. The molecule has 0 aliphatic heterocycles. The van der Waals surface area contributed by atoms with Crippen molar-refractivity contribution in [1.29, 1.82) is 0 Å². The second kappa shape index (κ2) is 5.90. The molecule has 2 amide bonds. The lowest BCUT2D eigenvalue weighted by molar-refractivity contribution is -0.135. The summed E-state index contributed by atoms with van der Waals surface area (Å²) in [7, 11) is 0. The molecule has 0 bridgehead atoms. The van der Waals surface area contributed by atoms with E-state index in [0.717, 1.165) is 25.7 Å². The molecule has 0 saturated heterocycles. The first-order chi connectivity index (χ1) is 8.70. The second-order valence-electron chi connectivity index (χ2n) is 6.63. The molecule has 1 rings (SSSR count). The zero-order valence-corrected chi connectivity index (χ0v) is 12.5. The minimum Gasteiger partial charge on any atom is -0.350 e. The highest BCUT2D eigenvalue weighted by molar-refractivity contribution is 5.90. The maximum absolute atomic E-state index is 12.3. The maximum Gasteiger partial charge on any atom is 0.242 e. The monoisotopic (exact) mass is 269 g/mol. The van der Waals surface area contributed by atoms with Crippen LogP contribution in [0.2, 0.25) is 0 Å². The molecule has 0 spiro atoms. The van der Waals surface area contributed by atoms with Gasteiger partial charge in [0, 0.05) is 12.1 Å². The molecule has 1 atom stereocenters. The summed E-state index contributed by atoms with van der Waals surface area (Å²) >= 11 is 0. The van der Waals surface area contributed by atoms with Crippen molar-refractivity contribution in [3.8, 4) is 0 Å². The Hall–Kier alpha value is -1.10. The minimum atomic E-state index is -0.532. The Labute approximate surface area is 115 Å². The molecule has 0 heterocycles. The van der Waals surface area contributed by atoms with Crippen molar-refractivity contribution >= 4 is 11.8 Å². The molecule has 0 aromatic carbocycles. The molecule has 5 heteroatoms. The van der Waals surface area contributed by atoms with Crippen LogP contribution >= 0.6 is 0 Å². The fourth-order valence-corrected chi connectivity index (χ4v) is 2.47. The van der Waals surface area contributed by atoms with Crippen molar-refractivity contribution in [3.05, 3.63) is 0 Å². The van der Waals surface area contributed by atoms with Gasteiger partial charge < -0.3 is 16.4 Å². The van der Waals surface area contributed by atoms with E-state index in [2.05, 4.69) is 10.6 Å². The van der Waals surface area contributed by atoms with Gasteiger partial charge in [0.05, 0.1) is 5.41 Å². The van der Waals surface area contributed by atoms with Crippen LogP contribution in [-0.2, 0) is 9.59 Å². The van der Waals surface area contributed by atoms with Crippen LogP contribution in [0.5, 0.6) is 0 Å². The summed E-state index contributed by atoms with van der Waals surface area (Å²) in [6.45, 7) is 7.80. The second-order valence-corrected chi connectivity index (χ2v) is 6.63. The van der Waals surface area contributed by atoms with E-state index in [1.807, 2.05) is 20.8 Å². The Bertz CT molecular complexity index is 341. The molecule has 110 valence electrons. The molecule has 1 saturated carbocycles. The Morgan fingerprint density at radius 3 is 2.21 bits per heavy atom. The van der Waals surface area contributed by atoms with Gasteiger partial charge in [0.2, 0.25) is 11.8 Å². The SMILES string of the molecule is CC(NC(=O)C1(CN)CCCC1)C(=O)NC(C)(C)C. The standard InChI is InChI=1S/C14H27N3O2/c1-10(11(18)17-13(2,3)4)16-12(19)14(9-15)7-5-6-8-14/h10H,5-9,15H2,1-4H3,(H,16,19)(H,17,18). The first kappa shape index (κ1) is 16.0. The van der Waals surface area contributed by atoms with Crippen LogP contribution in [-0.4, -0.2) is 29.9 Å². The number of nitrogens with two attached hydrogens (primary N) is 1. The van der Waals surface area contributed by atoms with Gasteiger partial charge in [-0.1, -0.05) is 12.8 Å². The van der Waals surface area contributed by atoms with Gasteiger partial charge in [0.15, 0.2) is 0 Å². The summed E-state index contributed by atoms with van der Waals surface area (Å²) in [5.74, 6) is -0.241. The summed E-state index contributed by atoms with van der Waals surface area (Å²) in [4.78, 5) is 24.3. The summed E-state index contributed by atoms with van der Waals surface area (Å²) < 4.78 is 0. The zero-order chi connectivity index (χ0) is 14.7. The van der Waals surface area contributed by atoms with Crippen molar-refractivity contribution in [3.63, 3.8) is 0 Å². The van der Waals surface area contributed by atoms with Gasteiger partial charge >= 0.3 is 0 Å². The lowest BCUT2D eigenvalue weighted by Crippen LogP contribution is -2.54. The van der Waals surface area contributed by atoms with Crippen molar-refractivity contribution in [1.82, 2.24) is 10.6 Å². The molecule has 0 aromatic heterocycles. The van der Waals surface area contributed by atoms with E-state index >= 15 is 0 Å². The maximum atomic E-state index is 12.3. The van der Waals surface area contributed by atoms with Crippen LogP contribution in [0.1, 0.15) is 53.4 Å². The average molecular weight is 269 g/mol. The molecule has 5 nitrogen and oxygen atoms in total. The van der Waals surface area contributed by atoms with E-state index in [-0.39, 0.29) is 17.4 Å². The predicted octanol–water partition coefficient (Wildman–Crippen LogP) is 0.925. The van der Waals surface area contributed by atoms with Crippen molar-refractivity contribution in [2.75, 3.05) is 6.54 Å². The number of rotatable bonds is 4. The van der Waals surface area contributed by atoms with E-state index < -0.39 is 11.5 Å². The van der Waals surface area contributed by atoms with Gasteiger partial charge in [0.25, 0.3) is 0 Å². The number of carbonyl (C=O) groups is 2. The molecule has 4 N–H and O–H groups in total. The van der Waals surface area contributed by atoms with Crippen molar-refractivity contribution < 1.29 is 9.59 Å². The fourth-order valence-electron chi connectivity index (χ4n) is 2.47. The van der Waals surface area contributed by atoms with Gasteiger partial charge in [-0.3, -0.25) is 9.59 Å². The first-order valence-corrected chi connectivity index (χ1v) is 7.03. The smallest absolute Gasteiger partial charge is 0.242 e. The molecule has 1 aliphatic rings. The van der Waals surface area contributed by atoms with Crippen LogP contribution in [0.4, 0.5) is 0 Å². The highest BCUT2D eigenvalue weighted by Gasteiger charge is 2.40. The molecule has 1 fully saturated rings. The highest BCUT2D eigenvalue weighted by atomic mass is 16.2. The van der Waals surface area contributed by atoms with E-state index in [1.54, 1.807) is 6.92 Å². The average Bonchev–Trinajstić information content (AvgIpc) is 2.76. The van der Waals surface area contributed by atoms with E-state index in [0.29, 0.717) is 6.54 Å². The number of amides is 2. The Morgan fingerprint density at radius 2 is 1.79 bits per heavy atom. The molecule has 1 unspecified atom stereocenters. The first-order valence-electron chi connectivity index (χ1n) is 7.03. The van der Waals surface area contributed by atoms with Crippen LogP contribution in [0.3, 0.4) is 0 Å². The Morgan fingerprint density at radius 1 is 1.26 bits per heavy atom. The summed E-state index contributed by atoms with van der Waals surface area (Å²) in [6.07, 6.45) is 3.71.